The Morgan fingerprint density at radius 2 is 2.00 bits per heavy atom. The van der Waals surface area contributed by atoms with E-state index in [-0.39, 0.29) is 22.0 Å². The van der Waals surface area contributed by atoms with Gasteiger partial charge in [-0.2, -0.15) is 0 Å². The van der Waals surface area contributed by atoms with E-state index >= 15 is 0 Å². The van der Waals surface area contributed by atoms with Crippen molar-refractivity contribution in [1.29, 1.82) is 0 Å². The zero-order chi connectivity index (χ0) is 20.4. The summed E-state index contributed by atoms with van der Waals surface area (Å²) in [6.07, 6.45) is 0.690. The van der Waals surface area contributed by atoms with Gasteiger partial charge in [0.1, 0.15) is 5.75 Å². The van der Waals surface area contributed by atoms with Crippen molar-refractivity contribution in [2.75, 3.05) is 11.3 Å². The fourth-order valence-corrected chi connectivity index (χ4v) is 5.17. The van der Waals surface area contributed by atoms with E-state index in [2.05, 4.69) is 15.0 Å². The molecule has 2 aromatic carbocycles. The minimum absolute atomic E-state index is 0.0977. The number of carbonyl (C=O) groups excluding carboxylic acids is 1. The molecule has 0 radical (unpaired) electrons. The highest BCUT2D eigenvalue weighted by atomic mass is 32.2. The van der Waals surface area contributed by atoms with Gasteiger partial charge in [-0.25, -0.2) is 13.4 Å². The highest BCUT2D eigenvalue weighted by Crippen LogP contribution is 2.36. The summed E-state index contributed by atoms with van der Waals surface area (Å²) < 4.78 is 33.2. The number of anilines is 1. The Labute approximate surface area is 172 Å². The molecule has 1 amide bonds. The van der Waals surface area contributed by atoms with Crippen LogP contribution in [0.25, 0.3) is 11.3 Å². The number of fused-ring (bicyclic) bond motifs is 1. The largest absolute Gasteiger partial charge is 0.493 e. The van der Waals surface area contributed by atoms with Crippen molar-refractivity contribution < 1.29 is 17.9 Å². The van der Waals surface area contributed by atoms with Crippen molar-refractivity contribution in [2.24, 2.45) is 0 Å². The highest BCUT2D eigenvalue weighted by Gasteiger charge is 2.23. The fourth-order valence-electron chi connectivity index (χ4n) is 3.18. The summed E-state index contributed by atoms with van der Waals surface area (Å²) in [5.41, 5.74) is 2.37. The maximum absolute atomic E-state index is 12.5. The molecule has 0 saturated carbocycles. The molecule has 1 aromatic heterocycles. The Balaban J connectivity index is 1.59. The molecule has 1 aliphatic rings. The molecule has 4 rings (SSSR count). The van der Waals surface area contributed by atoms with Crippen LogP contribution in [0, 0.1) is 0 Å². The van der Waals surface area contributed by atoms with Crippen molar-refractivity contribution in [2.45, 2.75) is 24.3 Å². The molecule has 1 unspecified atom stereocenters. The first-order chi connectivity index (χ1) is 13.9. The smallest absolute Gasteiger partial charge is 0.263 e. The SMILES string of the molecule is CC(=O)NC1CCOc2ccc(-c3csc(NS(=O)(=O)c4ccccc4)n3)cc21. The zero-order valence-corrected chi connectivity index (χ0v) is 17.2. The minimum atomic E-state index is -3.69. The molecule has 0 bridgehead atoms. The van der Waals surface area contributed by atoms with Crippen molar-refractivity contribution in [3.05, 3.63) is 59.5 Å². The Bertz CT molecular complexity index is 1140. The van der Waals surface area contributed by atoms with Crippen LogP contribution in [0.15, 0.2) is 58.8 Å². The van der Waals surface area contributed by atoms with E-state index < -0.39 is 10.0 Å². The summed E-state index contributed by atoms with van der Waals surface area (Å²) in [5, 5.41) is 5.02. The molecular formula is C20H19N3O4S2. The summed E-state index contributed by atoms with van der Waals surface area (Å²) in [6.45, 7) is 2.03. The van der Waals surface area contributed by atoms with Crippen LogP contribution in [0.5, 0.6) is 5.75 Å². The summed E-state index contributed by atoms with van der Waals surface area (Å²) in [4.78, 5) is 16.1. The first-order valence-corrected chi connectivity index (χ1v) is 11.4. The Kier molecular flexibility index (Phi) is 5.25. The second kappa shape index (κ2) is 7.84. The van der Waals surface area contributed by atoms with Gasteiger partial charge in [0.25, 0.3) is 10.0 Å². The van der Waals surface area contributed by atoms with Crippen LogP contribution in [-0.2, 0) is 14.8 Å². The normalized spacial score (nSPS) is 15.8. The summed E-state index contributed by atoms with van der Waals surface area (Å²) >= 11 is 1.21. The lowest BCUT2D eigenvalue weighted by molar-refractivity contribution is -0.119. The Hall–Kier alpha value is -2.91. The molecule has 2 heterocycles. The number of amides is 1. The predicted octanol–water partition coefficient (Wildman–Crippen LogP) is 3.57. The second-order valence-corrected chi connectivity index (χ2v) is 9.14. The van der Waals surface area contributed by atoms with Gasteiger partial charge in [0.15, 0.2) is 5.13 Å². The molecule has 29 heavy (non-hydrogen) atoms. The molecule has 1 aliphatic heterocycles. The summed E-state index contributed by atoms with van der Waals surface area (Å²) in [5.74, 6) is 0.637. The van der Waals surface area contributed by atoms with E-state index in [1.165, 1.54) is 30.4 Å². The van der Waals surface area contributed by atoms with Gasteiger partial charge < -0.3 is 10.1 Å². The first-order valence-electron chi connectivity index (χ1n) is 9.00. The second-order valence-electron chi connectivity index (χ2n) is 6.60. The molecule has 7 nitrogen and oxygen atoms in total. The summed E-state index contributed by atoms with van der Waals surface area (Å²) in [7, 11) is -3.69. The molecule has 9 heteroatoms. The summed E-state index contributed by atoms with van der Waals surface area (Å²) in [6, 6.07) is 13.7. The van der Waals surface area contributed by atoms with Gasteiger partial charge in [-0.3, -0.25) is 9.52 Å². The number of rotatable bonds is 5. The minimum Gasteiger partial charge on any atom is -0.493 e. The van der Waals surface area contributed by atoms with Gasteiger partial charge in [-0.1, -0.05) is 18.2 Å². The Morgan fingerprint density at radius 1 is 1.21 bits per heavy atom. The van der Waals surface area contributed by atoms with E-state index in [0.717, 1.165) is 16.9 Å². The maximum Gasteiger partial charge on any atom is 0.263 e. The lowest BCUT2D eigenvalue weighted by Crippen LogP contribution is -2.30. The standard InChI is InChI=1S/C20H19N3O4S2/c1-13(24)21-17-9-10-27-19-8-7-14(11-16(17)19)18-12-28-20(22-18)23-29(25,26)15-5-3-2-4-6-15/h2-8,11-12,17H,9-10H2,1H3,(H,21,24)(H,22,23). The van der Waals surface area contributed by atoms with E-state index in [1.54, 1.807) is 23.6 Å². The maximum atomic E-state index is 12.5. The molecule has 1 atom stereocenters. The van der Waals surface area contributed by atoms with Crippen LogP contribution in [0.4, 0.5) is 5.13 Å². The number of benzene rings is 2. The fraction of sp³-hybridized carbons (Fsp3) is 0.200. The lowest BCUT2D eigenvalue weighted by atomic mass is 9.97. The average Bonchev–Trinajstić information content (AvgIpc) is 3.16. The van der Waals surface area contributed by atoms with Crippen molar-refractivity contribution in [3.63, 3.8) is 0 Å². The molecule has 150 valence electrons. The third kappa shape index (κ3) is 4.25. The number of hydrogen-bond acceptors (Lipinski definition) is 6. The number of ether oxygens (including phenoxy) is 1. The molecule has 0 saturated heterocycles. The van der Waals surface area contributed by atoms with Crippen molar-refractivity contribution in [1.82, 2.24) is 10.3 Å². The van der Waals surface area contributed by atoms with Gasteiger partial charge in [-0.05, 0) is 30.3 Å². The number of nitrogens with one attached hydrogen (secondary N) is 2. The van der Waals surface area contributed by atoms with E-state index in [4.69, 9.17) is 4.74 Å². The molecule has 0 spiro atoms. The number of nitrogens with zero attached hydrogens (tertiary/aromatic N) is 1. The third-order valence-electron chi connectivity index (χ3n) is 4.50. The van der Waals surface area contributed by atoms with Crippen LogP contribution in [-0.4, -0.2) is 25.9 Å². The molecule has 2 N–H and O–H groups in total. The van der Waals surface area contributed by atoms with E-state index in [1.807, 2.05) is 18.2 Å². The number of thiazole rings is 1. The van der Waals surface area contributed by atoms with Crippen molar-refractivity contribution >= 4 is 32.4 Å². The molecular weight excluding hydrogens is 410 g/mol. The van der Waals surface area contributed by atoms with Gasteiger partial charge in [0.2, 0.25) is 5.91 Å². The average molecular weight is 430 g/mol. The lowest BCUT2D eigenvalue weighted by Gasteiger charge is -2.26. The zero-order valence-electron chi connectivity index (χ0n) is 15.6. The molecule has 3 aromatic rings. The highest BCUT2D eigenvalue weighted by molar-refractivity contribution is 7.93. The van der Waals surface area contributed by atoms with Crippen LogP contribution < -0.4 is 14.8 Å². The topological polar surface area (TPSA) is 97.4 Å². The number of carbonyl (C=O) groups is 1. The van der Waals surface area contributed by atoms with Crippen LogP contribution in [0.2, 0.25) is 0 Å². The van der Waals surface area contributed by atoms with Crippen LogP contribution in [0.3, 0.4) is 0 Å². The van der Waals surface area contributed by atoms with Gasteiger partial charge in [0.05, 0.1) is 23.2 Å². The third-order valence-corrected chi connectivity index (χ3v) is 6.74. The predicted molar refractivity (Wildman–Crippen MR) is 111 cm³/mol. The van der Waals surface area contributed by atoms with Gasteiger partial charge in [-0.15, -0.1) is 11.3 Å². The first kappa shape index (κ1) is 19.4. The molecule has 0 aliphatic carbocycles. The molecule has 0 fully saturated rings. The monoisotopic (exact) mass is 429 g/mol. The Morgan fingerprint density at radius 3 is 2.76 bits per heavy atom. The number of aromatic nitrogens is 1. The van der Waals surface area contributed by atoms with Crippen LogP contribution >= 0.6 is 11.3 Å². The van der Waals surface area contributed by atoms with Gasteiger partial charge in [0, 0.05) is 29.9 Å². The van der Waals surface area contributed by atoms with Crippen LogP contribution in [0.1, 0.15) is 24.9 Å². The van der Waals surface area contributed by atoms with E-state index in [0.29, 0.717) is 18.7 Å². The quantitative estimate of drug-likeness (QED) is 0.646. The van der Waals surface area contributed by atoms with Crippen molar-refractivity contribution in [3.8, 4) is 17.0 Å². The van der Waals surface area contributed by atoms with Gasteiger partial charge >= 0.3 is 0 Å². The van der Waals surface area contributed by atoms with E-state index in [9.17, 15) is 13.2 Å². The number of hydrogen-bond donors (Lipinski definition) is 2. The number of sulfonamides is 1.